The van der Waals surface area contributed by atoms with Crippen molar-refractivity contribution < 1.29 is 23.1 Å². The lowest BCUT2D eigenvalue weighted by molar-refractivity contribution is -0.122. The predicted octanol–water partition coefficient (Wildman–Crippen LogP) is 5.40. The molecule has 5 rings (SSSR count). The Kier molecular flexibility index (Phi) is 6.60. The molecule has 0 atom stereocenters. The van der Waals surface area contributed by atoms with Gasteiger partial charge >= 0.3 is 0 Å². The Labute approximate surface area is 214 Å². The molecule has 0 fully saturated rings. The second kappa shape index (κ2) is 9.86. The Balaban J connectivity index is 1.65. The Morgan fingerprint density at radius 2 is 1.76 bits per heavy atom. The molecular formula is C29H30FN3O4. The Bertz CT molecular complexity index is 1540. The summed E-state index contributed by atoms with van der Waals surface area (Å²) in [6.07, 6.45) is 3.28. The first kappa shape index (κ1) is 24.8. The maximum Gasteiger partial charge on any atom is 0.259 e. The van der Waals surface area contributed by atoms with Gasteiger partial charge in [-0.2, -0.15) is 0 Å². The summed E-state index contributed by atoms with van der Waals surface area (Å²) in [7, 11) is 0. The highest BCUT2D eigenvalue weighted by atomic mass is 19.1. The fourth-order valence-corrected chi connectivity index (χ4v) is 5.04. The zero-order chi connectivity index (χ0) is 26.3. The number of carbonyl (C=O) groups excluding carboxylic acids is 2. The molecule has 37 heavy (non-hydrogen) atoms. The van der Waals surface area contributed by atoms with E-state index in [9.17, 15) is 9.59 Å². The SMILES string of the molecule is CCN(CC)CCOc1ccc(C2=C(c3cn(C(C)C)c4cccc(F)c34)C(=O)NC2=O)c2occc12. The number of furan rings is 1. The maximum absolute atomic E-state index is 15.1. The Morgan fingerprint density at radius 3 is 2.46 bits per heavy atom. The monoisotopic (exact) mass is 503 g/mol. The molecule has 1 aliphatic heterocycles. The van der Waals surface area contributed by atoms with Crippen molar-refractivity contribution in [2.24, 2.45) is 0 Å². The number of imide groups is 1. The van der Waals surface area contributed by atoms with Crippen LogP contribution in [0, 0.1) is 5.82 Å². The van der Waals surface area contributed by atoms with Crippen LogP contribution in [-0.2, 0) is 9.59 Å². The van der Waals surface area contributed by atoms with Crippen LogP contribution < -0.4 is 10.1 Å². The molecule has 1 aliphatic rings. The number of aromatic nitrogens is 1. The zero-order valence-corrected chi connectivity index (χ0v) is 21.4. The minimum absolute atomic E-state index is 0.0202. The number of halogens is 1. The quantitative estimate of drug-likeness (QED) is 0.310. The summed E-state index contributed by atoms with van der Waals surface area (Å²) in [5.41, 5.74) is 2.21. The zero-order valence-electron chi connectivity index (χ0n) is 21.4. The molecule has 192 valence electrons. The molecule has 4 aromatic rings. The fourth-order valence-electron chi connectivity index (χ4n) is 5.04. The third-order valence-corrected chi connectivity index (χ3v) is 6.97. The molecule has 8 heteroatoms. The largest absolute Gasteiger partial charge is 0.491 e. The van der Waals surface area contributed by atoms with Crippen LogP contribution in [0.1, 0.15) is 44.9 Å². The van der Waals surface area contributed by atoms with Crippen LogP contribution in [0.15, 0.2) is 53.3 Å². The van der Waals surface area contributed by atoms with Gasteiger partial charge < -0.3 is 18.6 Å². The van der Waals surface area contributed by atoms with E-state index in [1.807, 2.05) is 24.5 Å². The summed E-state index contributed by atoms with van der Waals surface area (Å²) < 4.78 is 28.9. The van der Waals surface area contributed by atoms with Gasteiger partial charge in [0, 0.05) is 35.3 Å². The van der Waals surface area contributed by atoms with Crippen LogP contribution in [0.4, 0.5) is 4.39 Å². The lowest BCUT2D eigenvalue weighted by Gasteiger charge is -2.18. The van der Waals surface area contributed by atoms with Crippen LogP contribution in [-0.4, -0.2) is 47.5 Å². The molecule has 7 nitrogen and oxygen atoms in total. The molecule has 0 bridgehead atoms. The predicted molar refractivity (Wildman–Crippen MR) is 142 cm³/mol. The normalized spacial score (nSPS) is 14.1. The highest BCUT2D eigenvalue weighted by molar-refractivity contribution is 6.50. The highest BCUT2D eigenvalue weighted by Gasteiger charge is 2.36. The molecule has 0 radical (unpaired) electrons. The van der Waals surface area contributed by atoms with Gasteiger partial charge in [0.05, 0.1) is 28.3 Å². The van der Waals surface area contributed by atoms with Crippen LogP contribution in [0.5, 0.6) is 5.75 Å². The summed E-state index contributed by atoms with van der Waals surface area (Å²) in [6.45, 7) is 11.3. The van der Waals surface area contributed by atoms with E-state index in [0.29, 0.717) is 45.4 Å². The molecular weight excluding hydrogens is 473 g/mol. The van der Waals surface area contributed by atoms with E-state index in [1.165, 1.54) is 12.3 Å². The number of amides is 2. The first-order chi connectivity index (χ1) is 17.8. The van der Waals surface area contributed by atoms with Gasteiger partial charge in [-0.3, -0.25) is 14.9 Å². The number of nitrogens with one attached hydrogen (secondary N) is 1. The number of hydrogen-bond donors (Lipinski definition) is 1. The fraction of sp³-hybridized carbons (Fsp3) is 0.310. The van der Waals surface area contributed by atoms with Crippen molar-refractivity contribution in [3.05, 3.63) is 65.8 Å². The molecule has 0 aliphatic carbocycles. The van der Waals surface area contributed by atoms with Gasteiger partial charge in [-0.25, -0.2) is 4.39 Å². The molecule has 3 heterocycles. The number of benzene rings is 2. The van der Waals surface area contributed by atoms with Crippen LogP contribution in [0.3, 0.4) is 0 Å². The molecule has 2 aromatic heterocycles. The van der Waals surface area contributed by atoms with Gasteiger partial charge in [-0.1, -0.05) is 19.9 Å². The minimum Gasteiger partial charge on any atom is -0.491 e. The maximum atomic E-state index is 15.1. The van der Waals surface area contributed by atoms with Crippen molar-refractivity contribution in [1.29, 1.82) is 0 Å². The van der Waals surface area contributed by atoms with Crippen molar-refractivity contribution in [1.82, 2.24) is 14.8 Å². The highest BCUT2D eigenvalue weighted by Crippen LogP contribution is 2.41. The van der Waals surface area contributed by atoms with Crippen molar-refractivity contribution in [2.75, 3.05) is 26.2 Å². The van der Waals surface area contributed by atoms with Crippen LogP contribution >= 0.6 is 0 Å². The van der Waals surface area contributed by atoms with Crippen molar-refractivity contribution in [2.45, 2.75) is 33.7 Å². The molecule has 2 aromatic carbocycles. The van der Waals surface area contributed by atoms with E-state index < -0.39 is 17.6 Å². The first-order valence-corrected chi connectivity index (χ1v) is 12.6. The first-order valence-electron chi connectivity index (χ1n) is 12.6. The molecule has 0 saturated heterocycles. The van der Waals surface area contributed by atoms with E-state index in [0.717, 1.165) is 19.6 Å². The lowest BCUT2D eigenvalue weighted by Crippen LogP contribution is -2.27. The van der Waals surface area contributed by atoms with Gasteiger partial charge in [0.25, 0.3) is 11.8 Å². The Morgan fingerprint density at radius 1 is 1.03 bits per heavy atom. The average Bonchev–Trinajstić information content (AvgIpc) is 3.58. The van der Waals surface area contributed by atoms with E-state index in [1.54, 1.807) is 30.5 Å². The molecule has 0 spiro atoms. The number of fused-ring (bicyclic) bond motifs is 2. The summed E-state index contributed by atoms with van der Waals surface area (Å²) in [5.74, 6) is -0.931. The average molecular weight is 504 g/mol. The van der Waals surface area contributed by atoms with E-state index in [4.69, 9.17) is 9.15 Å². The lowest BCUT2D eigenvalue weighted by atomic mass is 9.94. The summed E-state index contributed by atoms with van der Waals surface area (Å²) in [6, 6.07) is 10.1. The molecule has 0 saturated carbocycles. The number of ether oxygens (including phenoxy) is 1. The van der Waals surface area contributed by atoms with Crippen LogP contribution in [0.2, 0.25) is 0 Å². The standard InChI is InChI=1S/C29H30FN3O4/c1-5-32(6-2)13-15-36-23-11-10-19(27-18(23)12-14-37-27)25-26(29(35)31-28(25)34)20-16-33(17(3)4)22-9-7-8-21(30)24(20)22/h7-12,14,16-17H,5-6,13,15H2,1-4H3,(H,31,34,35). The minimum atomic E-state index is -0.565. The van der Waals surface area contributed by atoms with Crippen molar-refractivity contribution >= 4 is 44.8 Å². The van der Waals surface area contributed by atoms with Crippen LogP contribution in [0.25, 0.3) is 33.0 Å². The number of likely N-dealkylation sites (N-methyl/N-ethyl adjacent to an activating group) is 1. The summed E-state index contributed by atoms with van der Waals surface area (Å²) >= 11 is 0. The number of hydrogen-bond acceptors (Lipinski definition) is 5. The third kappa shape index (κ3) is 4.21. The van der Waals surface area contributed by atoms with E-state index >= 15 is 4.39 Å². The Hall–Kier alpha value is -3.91. The second-order valence-corrected chi connectivity index (χ2v) is 9.36. The summed E-state index contributed by atoms with van der Waals surface area (Å²) in [5, 5.41) is 3.41. The third-order valence-electron chi connectivity index (χ3n) is 6.97. The molecule has 2 amide bonds. The molecule has 1 N–H and O–H groups in total. The van der Waals surface area contributed by atoms with Crippen molar-refractivity contribution in [3.8, 4) is 5.75 Å². The number of rotatable bonds is 9. The smallest absolute Gasteiger partial charge is 0.259 e. The van der Waals surface area contributed by atoms with E-state index in [-0.39, 0.29) is 17.2 Å². The van der Waals surface area contributed by atoms with Gasteiger partial charge in [0.1, 0.15) is 23.8 Å². The summed E-state index contributed by atoms with van der Waals surface area (Å²) in [4.78, 5) is 28.5. The topological polar surface area (TPSA) is 76.7 Å². The van der Waals surface area contributed by atoms with Gasteiger partial charge in [0.2, 0.25) is 0 Å². The van der Waals surface area contributed by atoms with Gasteiger partial charge in [-0.05, 0) is 57.3 Å². The molecule has 0 unspecified atom stereocenters. The second-order valence-electron chi connectivity index (χ2n) is 9.36. The number of nitrogens with zero attached hydrogens (tertiary/aromatic N) is 2. The van der Waals surface area contributed by atoms with Gasteiger partial charge in [-0.15, -0.1) is 0 Å². The van der Waals surface area contributed by atoms with Gasteiger partial charge in [0.15, 0.2) is 0 Å². The van der Waals surface area contributed by atoms with E-state index in [2.05, 4.69) is 24.1 Å². The van der Waals surface area contributed by atoms with Crippen molar-refractivity contribution in [3.63, 3.8) is 0 Å². The number of carbonyl (C=O) groups is 2.